The van der Waals surface area contributed by atoms with E-state index >= 15 is 0 Å². The number of ether oxygens (including phenoxy) is 2. The fraction of sp³-hybridized carbons (Fsp3) is 0.208. The molecule has 0 aromatic heterocycles. The number of hydrogen-bond acceptors (Lipinski definition) is 3. The molecule has 0 aliphatic carbocycles. The van der Waals surface area contributed by atoms with E-state index in [0.29, 0.717) is 29.5 Å². The second-order valence-electron chi connectivity index (χ2n) is 6.86. The lowest BCUT2D eigenvalue weighted by Crippen LogP contribution is -2.36. The van der Waals surface area contributed by atoms with Gasteiger partial charge in [0, 0.05) is 16.1 Å². The molecule has 0 saturated heterocycles. The number of benzene rings is 3. The van der Waals surface area contributed by atoms with E-state index in [-0.39, 0.29) is 11.9 Å². The monoisotopic (exact) mass is 409 g/mol. The molecule has 3 aromatic carbocycles. The smallest absolute Gasteiger partial charge is 0.251 e. The molecule has 3 aromatic rings. The standard InChI is InChI=1S/C24H24ClNO3/c1-17-7-3-6-10-23(17)29-15-18(2)26-24(27)19-11-13-21(14-12-19)28-16-20-8-4-5-9-22(20)25/h3-14,18H,15-16H2,1-2H3,(H,26,27)/t18-/m0/s1. The average molecular weight is 410 g/mol. The Morgan fingerprint density at radius 3 is 2.38 bits per heavy atom. The Balaban J connectivity index is 1.49. The summed E-state index contributed by atoms with van der Waals surface area (Å²) in [6.07, 6.45) is 0. The van der Waals surface area contributed by atoms with E-state index in [1.165, 1.54) is 0 Å². The fourth-order valence-electron chi connectivity index (χ4n) is 2.76. The molecular weight excluding hydrogens is 386 g/mol. The van der Waals surface area contributed by atoms with Crippen molar-refractivity contribution in [1.82, 2.24) is 5.32 Å². The lowest BCUT2D eigenvalue weighted by atomic mass is 10.2. The van der Waals surface area contributed by atoms with Gasteiger partial charge in [0.2, 0.25) is 0 Å². The van der Waals surface area contributed by atoms with E-state index in [9.17, 15) is 4.79 Å². The van der Waals surface area contributed by atoms with Crippen molar-refractivity contribution in [3.8, 4) is 11.5 Å². The van der Waals surface area contributed by atoms with Gasteiger partial charge in [-0.25, -0.2) is 0 Å². The zero-order valence-electron chi connectivity index (χ0n) is 16.5. The molecule has 4 nitrogen and oxygen atoms in total. The number of amides is 1. The van der Waals surface area contributed by atoms with E-state index in [2.05, 4.69) is 5.32 Å². The number of para-hydroxylation sites is 1. The first-order chi connectivity index (χ1) is 14.0. The summed E-state index contributed by atoms with van der Waals surface area (Å²) in [5.41, 5.74) is 2.55. The van der Waals surface area contributed by atoms with Crippen molar-refractivity contribution < 1.29 is 14.3 Å². The third-order valence-electron chi connectivity index (χ3n) is 4.43. The van der Waals surface area contributed by atoms with Crippen molar-refractivity contribution >= 4 is 17.5 Å². The van der Waals surface area contributed by atoms with Crippen molar-refractivity contribution in [3.63, 3.8) is 0 Å². The Morgan fingerprint density at radius 1 is 0.966 bits per heavy atom. The predicted octanol–water partition coefficient (Wildman–Crippen LogP) is 5.42. The Labute approximate surface area is 176 Å². The molecule has 0 radical (unpaired) electrons. The molecule has 0 aliphatic heterocycles. The highest BCUT2D eigenvalue weighted by Crippen LogP contribution is 2.19. The lowest BCUT2D eigenvalue weighted by molar-refractivity contribution is 0.0926. The quantitative estimate of drug-likeness (QED) is 0.540. The number of hydrogen-bond donors (Lipinski definition) is 1. The van der Waals surface area contributed by atoms with Gasteiger partial charge in [-0.1, -0.05) is 48.0 Å². The molecule has 0 bridgehead atoms. The predicted molar refractivity (Wildman–Crippen MR) is 116 cm³/mol. The number of halogens is 1. The highest BCUT2D eigenvalue weighted by atomic mass is 35.5. The number of aryl methyl sites for hydroxylation is 1. The summed E-state index contributed by atoms with van der Waals surface area (Å²) in [5.74, 6) is 1.36. The third-order valence-corrected chi connectivity index (χ3v) is 4.80. The molecule has 0 spiro atoms. The summed E-state index contributed by atoms with van der Waals surface area (Å²) < 4.78 is 11.5. The second-order valence-corrected chi connectivity index (χ2v) is 7.26. The largest absolute Gasteiger partial charge is 0.491 e. The van der Waals surface area contributed by atoms with Gasteiger partial charge in [-0.15, -0.1) is 0 Å². The van der Waals surface area contributed by atoms with Crippen molar-refractivity contribution in [2.24, 2.45) is 0 Å². The molecule has 1 N–H and O–H groups in total. The summed E-state index contributed by atoms with van der Waals surface area (Å²) in [6.45, 7) is 4.68. The van der Waals surface area contributed by atoms with Crippen LogP contribution in [0, 0.1) is 6.92 Å². The van der Waals surface area contributed by atoms with Crippen LogP contribution < -0.4 is 14.8 Å². The molecule has 1 atom stereocenters. The molecule has 150 valence electrons. The zero-order valence-corrected chi connectivity index (χ0v) is 17.3. The van der Waals surface area contributed by atoms with Gasteiger partial charge in [-0.2, -0.15) is 0 Å². The maximum absolute atomic E-state index is 12.4. The molecule has 0 unspecified atom stereocenters. The Kier molecular flexibility index (Phi) is 7.14. The maximum atomic E-state index is 12.4. The van der Waals surface area contributed by atoms with Crippen molar-refractivity contribution in [1.29, 1.82) is 0 Å². The molecule has 3 rings (SSSR count). The summed E-state index contributed by atoms with van der Waals surface area (Å²) in [6, 6.07) is 22.3. The summed E-state index contributed by atoms with van der Waals surface area (Å²) in [5, 5.41) is 3.62. The highest BCUT2D eigenvalue weighted by molar-refractivity contribution is 6.31. The van der Waals surface area contributed by atoms with E-state index in [1.54, 1.807) is 24.3 Å². The maximum Gasteiger partial charge on any atom is 0.251 e. The number of carbonyl (C=O) groups is 1. The number of carbonyl (C=O) groups excluding carboxylic acids is 1. The molecule has 0 fully saturated rings. The minimum absolute atomic E-state index is 0.127. The van der Waals surface area contributed by atoms with Gasteiger partial charge in [-0.05, 0) is 55.8 Å². The highest BCUT2D eigenvalue weighted by Gasteiger charge is 2.11. The molecule has 0 aliphatic rings. The molecule has 29 heavy (non-hydrogen) atoms. The van der Waals surface area contributed by atoms with Gasteiger partial charge < -0.3 is 14.8 Å². The van der Waals surface area contributed by atoms with Crippen LogP contribution in [0.1, 0.15) is 28.4 Å². The Bertz CT molecular complexity index is 956. The minimum atomic E-state index is -0.150. The molecule has 0 heterocycles. The van der Waals surface area contributed by atoms with Gasteiger partial charge in [0.1, 0.15) is 24.7 Å². The SMILES string of the molecule is Cc1ccccc1OC[C@H](C)NC(=O)c1ccc(OCc2ccccc2Cl)cc1. The molecule has 5 heteroatoms. The number of nitrogens with one attached hydrogen (secondary N) is 1. The van der Waals surface area contributed by atoms with Crippen LogP contribution in [-0.2, 0) is 6.61 Å². The van der Waals surface area contributed by atoms with Crippen LogP contribution in [-0.4, -0.2) is 18.6 Å². The Hall–Kier alpha value is -2.98. The molecule has 1 amide bonds. The second kappa shape index (κ2) is 9.99. The van der Waals surface area contributed by atoms with Crippen LogP contribution in [0.5, 0.6) is 11.5 Å². The Morgan fingerprint density at radius 2 is 1.66 bits per heavy atom. The van der Waals surface area contributed by atoms with Crippen molar-refractivity contribution in [2.75, 3.05) is 6.61 Å². The van der Waals surface area contributed by atoms with Crippen LogP contribution in [0.2, 0.25) is 5.02 Å². The summed E-state index contributed by atoms with van der Waals surface area (Å²) >= 11 is 6.14. The van der Waals surface area contributed by atoms with Crippen molar-refractivity contribution in [3.05, 3.63) is 94.5 Å². The summed E-state index contributed by atoms with van der Waals surface area (Å²) in [7, 11) is 0. The van der Waals surface area contributed by atoms with Gasteiger partial charge >= 0.3 is 0 Å². The van der Waals surface area contributed by atoms with E-state index in [1.807, 2.05) is 62.4 Å². The lowest BCUT2D eigenvalue weighted by Gasteiger charge is -2.16. The topological polar surface area (TPSA) is 47.6 Å². The van der Waals surface area contributed by atoms with Gasteiger partial charge in [-0.3, -0.25) is 4.79 Å². The zero-order chi connectivity index (χ0) is 20.6. The first-order valence-corrected chi connectivity index (χ1v) is 9.86. The van der Waals surface area contributed by atoms with Crippen LogP contribution >= 0.6 is 11.6 Å². The van der Waals surface area contributed by atoms with E-state index in [4.69, 9.17) is 21.1 Å². The van der Waals surface area contributed by atoms with Crippen LogP contribution in [0.4, 0.5) is 0 Å². The van der Waals surface area contributed by atoms with E-state index < -0.39 is 0 Å². The normalized spacial score (nSPS) is 11.6. The van der Waals surface area contributed by atoms with Gasteiger partial charge in [0.05, 0.1) is 6.04 Å². The minimum Gasteiger partial charge on any atom is -0.491 e. The average Bonchev–Trinajstić information content (AvgIpc) is 2.73. The molecular formula is C24H24ClNO3. The van der Waals surface area contributed by atoms with Crippen LogP contribution in [0.25, 0.3) is 0 Å². The number of rotatable bonds is 8. The fourth-order valence-corrected chi connectivity index (χ4v) is 2.95. The van der Waals surface area contributed by atoms with E-state index in [0.717, 1.165) is 16.9 Å². The first kappa shape index (κ1) is 20.7. The van der Waals surface area contributed by atoms with Crippen molar-refractivity contribution in [2.45, 2.75) is 26.5 Å². The van der Waals surface area contributed by atoms with Crippen LogP contribution in [0.3, 0.4) is 0 Å². The van der Waals surface area contributed by atoms with Crippen LogP contribution in [0.15, 0.2) is 72.8 Å². The van der Waals surface area contributed by atoms with Gasteiger partial charge in [0.15, 0.2) is 0 Å². The molecule has 0 saturated carbocycles. The van der Waals surface area contributed by atoms with Gasteiger partial charge in [0.25, 0.3) is 5.91 Å². The third kappa shape index (κ3) is 6.00. The first-order valence-electron chi connectivity index (χ1n) is 9.48. The summed E-state index contributed by atoms with van der Waals surface area (Å²) in [4.78, 5) is 12.4.